The van der Waals surface area contributed by atoms with Crippen molar-refractivity contribution in [3.05, 3.63) is 42.5 Å². The van der Waals surface area contributed by atoms with Crippen LogP contribution in [0.2, 0.25) is 0 Å². The fraction of sp³-hybridized carbons (Fsp3) is 0.312. The van der Waals surface area contributed by atoms with Crippen molar-refractivity contribution in [1.29, 1.82) is 0 Å². The molecule has 7 nitrogen and oxygen atoms in total. The average molecular weight is 314 g/mol. The maximum Gasteiger partial charge on any atom is 0.291 e. The molecule has 2 amide bonds. The van der Waals surface area contributed by atoms with Gasteiger partial charge in [0.15, 0.2) is 5.76 Å². The molecule has 0 saturated carbocycles. The number of hydrogen-bond donors (Lipinski definition) is 1. The Hall–Kier alpha value is -2.83. The molecule has 0 atom stereocenters. The molecule has 0 radical (unpaired) electrons. The van der Waals surface area contributed by atoms with Crippen LogP contribution in [-0.4, -0.2) is 47.9 Å². The van der Waals surface area contributed by atoms with Crippen LogP contribution < -0.4 is 10.2 Å². The molecule has 23 heavy (non-hydrogen) atoms. The van der Waals surface area contributed by atoms with Crippen molar-refractivity contribution in [3.63, 3.8) is 0 Å². The van der Waals surface area contributed by atoms with Crippen molar-refractivity contribution >= 4 is 23.3 Å². The first-order valence-electron chi connectivity index (χ1n) is 7.45. The van der Waals surface area contributed by atoms with Gasteiger partial charge in [0, 0.05) is 33.1 Å². The van der Waals surface area contributed by atoms with Gasteiger partial charge in [-0.25, -0.2) is 4.98 Å². The SMILES string of the molecule is CC(=O)N1CCN(c2ccc(NC(=O)c3ccco3)cn2)CC1. The lowest BCUT2D eigenvalue weighted by atomic mass is 10.3. The second-order valence-corrected chi connectivity index (χ2v) is 5.33. The van der Waals surface area contributed by atoms with Gasteiger partial charge in [-0.2, -0.15) is 0 Å². The van der Waals surface area contributed by atoms with Crippen LogP contribution in [0.3, 0.4) is 0 Å². The number of amides is 2. The molecule has 2 aromatic heterocycles. The zero-order chi connectivity index (χ0) is 16.2. The minimum absolute atomic E-state index is 0.105. The third kappa shape index (κ3) is 3.50. The summed E-state index contributed by atoms with van der Waals surface area (Å²) < 4.78 is 5.04. The van der Waals surface area contributed by atoms with Crippen molar-refractivity contribution in [2.24, 2.45) is 0 Å². The first kappa shape index (κ1) is 15.1. The summed E-state index contributed by atoms with van der Waals surface area (Å²) in [6.07, 6.45) is 3.07. The van der Waals surface area contributed by atoms with Crippen LogP contribution in [-0.2, 0) is 4.79 Å². The maximum absolute atomic E-state index is 11.9. The van der Waals surface area contributed by atoms with Gasteiger partial charge in [0.1, 0.15) is 5.82 Å². The van der Waals surface area contributed by atoms with Gasteiger partial charge in [-0.05, 0) is 24.3 Å². The quantitative estimate of drug-likeness (QED) is 0.931. The Balaban J connectivity index is 1.59. The van der Waals surface area contributed by atoms with E-state index < -0.39 is 0 Å². The summed E-state index contributed by atoms with van der Waals surface area (Å²) in [5.41, 5.74) is 0.609. The molecule has 120 valence electrons. The molecule has 0 bridgehead atoms. The van der Waals surface area contributed by atoms with E-state index in [0.29, 0.717) is 18.8 Å². The monoisotopic (exact) mass is 314 g/mol. The van der Waals surface area contributed by atoms with Crippen molar-refractivity contribution in [1.82, 2.24) is 9.88 Å². The highest BCUT2D eigenvalue weighted by Gasteiger charge is 2.19. The molecule has 0 aliphatic carbocycles. The van der Waals surface area contributed by atoms with E-state index in [4.69, 9.17) is 4.42 Å². The summed E-state index contributed by atoms with van der Waals surface area (Å²) in [5.74, 6) is 0.895. The average Bonchev–Trinajstić information content (AvgIpc) is 3.10. The number of hydrogen-bond acceptors (Lipinski definition) is 5. The summed E-state index contributed by atoms with van der Waals surface area (Å²) in [4.78, 5) is 31.5. The van der Waals surface area contributed by atoms with Gasteiger partial charge in [-0.3, -0.25) is 9.59 Å². The van der Waals surface area contributed by atoms with E-state index in [1.54, 1.807) is 31.3 Å². The molecule has 1 N–H and O–H groups in total. The Morgan fingerprint density at radius 1 is 1.17 bits per heavy atom. The van der Waals surface area contributed by atoms with E-state index in [0.717, 1.165) is 18.9 Å². The van der Waals surface area contributed by atoms with Gasteiger partial charge >= 0.3 is 0 Å². The molecule has 0 spiro atoms. The second kappa shape index (κ2) is 6.51. The lowest BCUT2D eigenvalue weighted by molar-refractivity contribution is -0.129. The molecule has 0 unspecified atom stereocenters. The fourth-order valence-electron chi connectivity index (χ4n) is 2.50. The van der Waals surface area contributed by atoms with Gasteiger partial charge < -0.3 is 19.5 Å². The van der Waals surface area contributed by atoms with Crippen molar-refractivity contribution in [2.45, 2.75) is 6.92 Å². The number of carbonyl (C=O) groups excluding carboxylic acids is 2. The number of pyridine rings is 1. The number of rotatable bonds is 3. The lowest BCUT2D eigenvalue weighted by Crippen LogP contribution is -2.48. The number of nitrogens with zero attached hydrogens (tertiary/aromatic N) is 3. The molecule has 1 aliphatic rings. The first-order chi connectivity index (χ1) is 11.1. The molecule has 3 rings (SSSR count). The molecule has 0 aromatic carbocycles. The fourth-order valence-corrected chi connectivity index (χ4v) is 2.50. The van der Waals surface area contributed by atoms with Crippen molar-refractivity contribution in [2.75, 3.05) is 36.4 Å². The molecule has 1 aliphatic heterocycles. The van der Waals surface area contributed by atoms with Crippen LogP contribution in [0, 0.1) is 0 Å². The first-order valence-corrected chi connectivity index (χ1v) is 7.45. The predicted molar refractivity (Wildman–Crippen MR) is 85.4 cm³/mol. The van der Waals surface area contributed by atoms with E-state index in [1.807, 2.05) is 11.0 Å². The summed E-state index contributed by atoms with van der Waals surface area (Å²) in [6.45, 7) is 4.50. The van der Waals surface area contributed by atoms with Gasteiger partial charge in [0.2, 0.25) is 5.91 Å². The Morgan fingerprint density at radius 2 is 1.96 bits per heavy atom. The standard InChI is InChI=1S/C16H18N4O3/c1-12(21)19-6-8-20(9-7-19)15-5-4-13(11-17-15)18-16(22)14-3-2-10-23-14/h2-5,10-11H,6-9H2,1H3,(H,18,22). The largest absolute Gasteiger partial charge is 0.459 e. The van der Waals surface area contributed by atoms with E-state index in [-0.39, 0.29) is 17.6 Å². The van der Waals surface area contributed by atoms with E-state index in [2.05, 4.69) is 15.2 Å². The van der Waals surface area contributed by atoms with Crippen LogP contribution in [0.4, 0.5) is 11.5 Å². The van der Waals surface area contributed by atoms with E-state index in [9.17, 15) is 9.59 Å². The summed E-state index contributed by atoms with van der Waals surface area (Å²) >= 11 is 0. The normalized spacial score (nSPS) is 14.7. The van der Waals surface area contributed by atoms with Crippen LogP contribution in [0.1, 0.15) is 17.5 Å². The topological polar surface area (TPSA) is 78.7 Å². The molecule has 7 heteroatoms. The third-order valence-corrected chi connectivity index (χ3v) is 3.80. The van der Waals surface area contributed by atoms with Crippen LogP contribution >= 0.6 is 0 Å². The molecule has 2 aromatic rings. The minimum atomic E-state index is -0.306. The Bertz CT molecular complexity index is 674. The highest BCUT2D eigenvalue weighted by Crippen LogP contribution is 2.17. The van der Waals surface area contributed by atoms with E-state index in [1.165, 1.54) is 6.26 Å². The summed E-state index contributed by atoms with van der Waals surface area (Å²) in [6, 6.07) is 6.93. The number of anilines is 2. The molecular formula is C16H18N4O3. The predicted octanol–water partition coefficient (Wildman–Crippen LogP) is 1.60. The third-order valence-electron chi connectivity index (χ3n) is 3.80. The maximum atomic E-state index is 11.9. The Kier molecular flexibility index (Phi) is 4.27. The second-order valence-electron chi connectivity index (χ2n) is 5.33. The van der Waals surface area contributed by atoms with Crippen LogP contribution in [0.25, 0.3) is 0 Å². The van der Waals surface area contributed by atoms with Gasteiger partial charge in [-0.15, -0.1) is 0 Å². The van der Waals surface area contributed by atoms with Crippen LogP contribution in [0.15, 0.2) is 41.1 Å². The minimum Gasteiger partial charge on any atom is -0.459 e. The highest BCUT2D eigenvalue weighted by molar-refractivity contribution is 6.02. The number of carbonyl (C=O) groups is 2. The van der Waals surface area contributed by atoms with Gasteiger partial charge in [0.25, 0.3) is 5.91 Å². The summed E-state index contributed by atoms with van der Waals surface area (Å²) in [7, 11) is 0. The number of furan rings is 1. The van der Waals surface area contributed by atoms with E-state index >= 15 is 0 Å². The summed E-state index contributed by atoms with van der Waals surface area (Å²) in [5, 5.41) is 2.73. The molecule has 1 fully saturated rings. The molecule has 1 saturated heterocycles. The molecule has 3 heterocycles. The Labute approximate surface area is 133 Å². The van der Waals surface area contributed by atoms with Crippen molar-refractivity contribution < 1.29 is 14.0 Å². The highest BCUT2D eigenvalue weighted by atomic mass is 16.3. The van der Waals surface area contributed by atoms with Crippen molar-refractivity contribution in [3.8, 4) is 0 Å². The van der Waals surface area contributed by atoms with Gasteiger partial charge in [0.05, 0.1) is 18.1 Å². The zero-order valence-electron chi connectivity index (χ0n) is 12.9. The smallest absolute Gasteiger partial charge is 0.291 e. The Morgan fingerprint density at radius 3 is 2.52 bits per heavy atom. The number of nitrogens with one attached hydrogen (secondary N) is 1. The number of aromatic nitrogens is 1. The zero-order valence-corrected chi connectivity index (χ0v) is 12.9. The van der Waals surface area contributed by atoms with Gasteiger partial charge in [-0.1, -0.05) is 0 Å². The number of piperazine rings is 1. The lowest BCUT2D eigenvalue weighted by Gasteiger charge is -2.34. The molecular weight excluding hydrogens is 296 g/mol. The van der Waals surface area contributed by atoms with Crippen LogP contribution in [0.5, 0.6) is 0 Å².